The number of hydrogen-bond acceptors (Lipinski definition) is 6. The van der Waals surface area contributed by atoms with Gasteiger partial charge in [-0.3, -0.25) is 9.59 Å². The molecule has 0 radical (unpaired) electrons. The fraction of sp³-hybridized carbons (Fsp3) is 0.389. The Balaban J connectivity index is 1.51. The number of aliphatic carboxylic acids is 1. The van der Waals surface area contributed by atoms with Gasteiger partial charge in [0.25, 0.3) is 0 Å². The summed E-state index contributed by atoms with van der Waals surface area (Å²) in [7, 11) is 4.46. The Kier molecular flexibility index (Phi) is 11.1. The number of rotatable bonds is 13. The van der Waals surface area contributed by atoms with Crippen molar-refractivity contribution in [1.82, 2.24) is 15.1 Å². The monoisotopic (exact) mass is 629 g/mol. The molecule has 1 aliphatic rings. The minimum Gasteiger partial charge on any atom is -0.497 e. The Morgan fingerprint density at radius 2 is 1.41 bits per heavy atom. The van der Waals surface area contributed by atoms with Gasteiger partial charge in [0, 0.05) is 26.4 Å². The number of methoxy groups -OCH3 is 1. The molecule has 4 atom stereocenters. The molecule has 0 aromatic heterocycles. The molecule has 2 N–H and O–H groups in total. The van der Waals surface area contributed by atoms with Crippen molar-refractivity contribution in [2.45, 2.75) is 57.7 Å². The van der Waals surface area contributed by atoms with E-state index in [0.717, 1.165) is 27.8 Å². The van der Waals surface area contributed by atoms with Gasteiger partial charge < -0.3 is 29.7 Å². The Hall–Kier alpha value is -4.86. The van der Waals surface area contributed by atoms with Gasteiger partial charge in [0.1, 0.15) is 30.5 Å². The van der Waals surface area contributed by atoms with E-state index < -0.39 is 42.0 Å². The summed E-state index contributed by atoms with van der Waals surface area (Å²) in [6.07, 6.45) is -0.0780. The summed E-state index contributed by atoms with van der Waals surface area (Å²) in [5.41, 5.74) is 5.09. The maximum absolute atomic E-state index is 13.9. The molecule has 0 fully saturated rings. The van der Waals surface area contributed by atoms with Gasteiger partial charge in [0.05, 0.1) is 7.11 Å². The first-order valence-corrected chi connectivity index (χ1v) is 15.5. The van der Waals surface area contributed by atoms with E-state index in [1.165, 1.54) is 23.9 Å². The number of hydrogen-bond donors (Lipinski definition) is 2. The molecule has 0 saturated carbocycles. The third-order valence-corrected chi connectivity index (χ3v) is 9.02. The molecule has 10 heteroatoms. The van der Waals surface area contributed by atoms with E-state index >= 15 is 0 Å². The molecule has 3 amide bonds. The summed E-state index contributed by atoms with van der Waals surface area (Å²) in [4.78, 5) is 55.0. The number of nitrogens with one attached hydrogen (secondary N) is 1. The fourth-order valence-corrected chi connectivity index (χ4v) is 6.03. The highest BCUT2D eigenvalue weighted by atomic mass is 16.5. The second-order valence-corrected chi connectivity index (χ2v) is 11.8. The zero-order valence-corrected chi connectivity index (χ0v) is 27.2. The Bertz CT molecular complexity index is 1510. The fourth-order valence-electron chi connectivity index (χ4n) is 6.03. The number of carbonyl (C=O) groups excluding carboxylic acids is 3. The molecule has 3 aromatic rings. The van der Waals surface area contributed by atoms with Gasteiger partial charge in [-0.1, -0.05) is 80.9 Å². The molecule has 10 nitrogen and oxygen atoms in total. The minimum atomic E-state index is -1.11. The van der Waals surface area contributed by atoms with Crippen LogP contribution in [0, 0.1) is 5.92 Å². The van der Waals surface area contributed by atoms with Crippen molar-refractivity contribution < 1.29 is 33.8 Å². The van der Waals surface area contributed by atoms with Crippen molar-refractivity contribution in [2.24, 2.45) is 5.92 Å². The standard InChI is InChI=1S/C36H43N3O7/c1-7-22(2)32(35(42)43)39(5)33(40)23(3)38(4)34(41)31(20-24-16-18-25(45-6)19-17-24)37-36(44)46-21-30-28-14-10-8-12-26(28)27-13-9-11-15-29(27)30/h8-19,22-23,30-32H,7,20-21H2,1-6H3,(H,37,44)(H,42,43)/t22-,23-,31-,32-/m0/s1. The summed E-state index contributed by atoms with van der Waals surface area (Å²) >= 11 is 0. The summed E-state index contributed by atoms with van der Waals surface area (Å²) in [5, 5.41) is 12.5. The molecule has 0 aliphatic heterocycles. The predicted octanol–water partition coefficient (Wildman–Crippen LogP) is 4.95. The van der Waals surface area contributed by atoms with Gasteiger partial charge >= 0.3 is 12.1 Å². The summed E-state index contributed by atoms with van der Waals surface area (Å²) in [5.74, 6) is -1.96. The minimum absolute atomic E-state index is 0.0744. The maximum Gasteiger partial charge on any atom is 0.407 e. The molecule has 0 unspecified atom stereocenters. The molecule has 3 aromatic carbocycles. The number of carbonyl (C=O) groups is 4. The molecular weight excluding hydrogens is 586 g/mol. The van der Waals surface area contributed by atoms with Crippen molar-refractivity contribution in [2.75, 3.05) is 27.8 Å². The van der Waals surface area contributed by atoms with Crippen LogP contribution in [0.5, 0.6) is 5.75 Å². The highest BCUT2D eigenvalue weighted by Gasteiger charge is 2.37. The van der Waals surface area contributed by atoms with E-state index in [1.54, 1.807) is 45.2 Å². The molecular formula is C36H43N3O7. The molecule has 1 aliphatic carbocycles. The normalized spacial score (nSPS) is 14.6. The Morgan fingerprint density at radius 3 is 1.93 bits per heavy atom. The van der Waals surface area contributed by atoms with Crippen LogP contribution in [0.4, 0.5) is 4.79 Å². The van der Waals surface area contributed by atoms with Crippen LogP contribution in [0.1, 0.15) is 49.8 Å². The zero-order valence-electron chi connectivity index (χ0n) is 27.2. The SMILES string of the molecule is CC[C@H](C)[C@@H](C(=O)O)N(C)C(=O)[C@H](C)N(C)C(=O)[C@H](Cc1ccc(OC)cc1)NC(=O)OCC1c2ccccc2-c2ccccc21. The number of carboxylic acids is 1. The quantitative estimate of drug-likeness (QED) is 0.274. The number of fused-ring (bicyclic) bond motifs is 3. The van der Waals surface area contributed by atoms with E-state index in [0.29, 0.717) is 12.2 Å². The lowest BCUT2D eigenvalue weighted by Crippen LogP contribution is -2.57. The van der Waals surface area contributed by atoms with Crippen LogP contribution in [0.25, 0.3) is 11.1 Å². The van der Waals surface area contributed by atoms with Crippen molar-refractivity contribution in [3.8, 4) is 16.9 Å². The van der Waals surface area contributed by atoms with Crippen LogP contribution in [0.2, 0.25) is 0 Å². The average Bonchev–Trinajstić information content (AvgIpc) is 3.39. The first kappa shape index (κ1) is 34.0. The lowest BCUT2D eigenvalue weighted by Gasteiger charge is -2.35. The van der Waals surface area contributed by atoms with Crippen molar-refractivity contribution >= 4 is 23.9 Å². The first-order valence-electron chi connectivity index (χ1n) is 15.5. The third kappa shape index (κ3) is 7.33. The van der Waals surface area contributed by atoms with E-state index in [9.17, 15) is 24.3 Å². The summed E-state index contributed by atoms with van der Waals surface area (Å²) < 4.78 is 11.0. The van der Waals surface area contributed by atoms with Gasteiger partial charge in [-0.15, -0.1) is 0 Å². The molecule has 4 rings (SSSR count). The average molecular weight is 630 g/mol. The number of alkyl carbamates (subject to hydrolysis) is 1. The van der Waals surface area contributed by atoms with Crippen LogP contribution < -0.4 is 10.1 Å². The van der Waals surface area contributed by atoms with Crippen LogP contribution in [0.15, 0.2) is 72.8 Å². The van der Waals surface area contributed by atoms with Crippen LogP contribution in [-0.2, 0) is 25.5 Å². The van der Waals surface area contributed by atoms with E-state index in [1.807, 2.05) is 43.3 Å². The molecule has 0 saturated heterocycles. The highest BCUT2D eigenvalue weighted by Crippen LogP contribution is 2.44. The Morgan fingerprint density at radius 1 is 0.848 bits per heavy atom. The van der Waals surface area contributed by atoms with E-state index in [2.05, 4.69) is 17.4 Å². The highest BCUT2D eigenvalue weighted by molar-refractivity contribution is 5.92. The number of carboxylic acid groups (broad SMARTS) is 1. The summed E-state index contributed by atoms with van der Waals surface area (Å²) in [6.45, 7) is 5.25. The molecule has 244 valence electrons. The summed E-state index contributed by atoms with van der Waals surface area (Å²) in [6, 6.07) is 20.0. The van der Waals surface area contributed by atoms with Gasteiger partial charge in [-0.25, -0.2) is 9.59 Å². The Labute approximate surface area is 270 Å². The molecule has 0 heterocycles. The molecule has 0 spiro atoms. The first-order chi connectivity index (χ1) is 22.0. The maximum atomic E-state index is 13.9. The topological polar surface area (TPSA) is 125 Å². The van der Waals surface area contributed by atoms with Gasteiger partial charge in [0.15, 0.2) is 0 Å². The van der Waals surface area contributed by atoms with Crippen molar-refractivity contribution in [3.63, 3.8) is 0 Å². The van der Waals surface area contributed by atoms with Crippen molar-refractivity contribution in [3.05, 3.63) is 89.5 Å². The van der Waals surface area contributed by atoms with Gasteiger partial charge in [-0.05, 0) is 52.8 Å². The predicted molar refractivity (Wildman–Crippen MR) is 175 cm³/mol. The van der Waals surface area contributed by atoms with Gasteiger partial charge in [0.2, 0.25) is 11.8 Å². The number of ether oxygens (including phenoxy) is 2. The zero-order chi connectivity index (χ0) is 33.5. The molecule has 46 heavy (non-hydrogen) atoms. The second kappa shape index (κ2) is 14.9. The van der Waals surface area contributed by atoms with Crippen LogP contribution in [0.3, 0.4) is 0 Å². The van der Waals surface area contributed by atoms with Gasteiger partial charge in [-0.2, -0.15) is 0 Å². The van der Waals surface area contributed by atoms with Crippen LogP contribution in [-0.4, -0.2) is 84.7 Å². The van der Waals surface area contributed by atoms with E-state index in [-0.39, 0.29) is 24.9 Å². The second-order valence-electron chi connectivity index (χ2n) is 11.8. The number of benzene rings is 3. The number of amides is 3. The smallest absolute Gasteiger partial charge is 0.407 e. The van der Waals surface area contributed by atoms with Crippen molar-refractivity contribution in [1.29, 1.82) is 0 Å². The van der Waals surface area contributed by atoms with Crippen LogP contribution >= 0.6 is 0 Å². The van der Waals surface area contributed by atoms with E-state index in [4.69, 9.17) is 9.47 Å². The molecule has 0 bridgehead atoms. The number of likely N-dealkylation sites (N-methyl/N-ethyl adjacent to an activating group) is 2. The number of nitrogens with zero attached hydrogens (tertiary/aromatic N) is 2. The third-order valence-electron chi connectivity index (χ3n) is 9.02. The lowest BCUT2D eigenvalue weighted by molar-refractivity contribution is -0.154. The lowest BCUT2D eigenvalue weighted by atomic mass is 9.97. The largest absolute Gasteiger partial charge is 0.497 e.